The third-order valence-electron chi connectivity index (χ3n) is 6.39. The van der Waals surface area contributed by atoms with E-state index in [0.29, 0.717) is 18.6 Å². The average Bonchev–Trinajstić information content (AvgIpc) is 3.27. The zero-order chi connectivity index (χ0) is 28.2. The second-order valence-electron chi connectivity index (χ2n) is 10.3. The number of ether oxygens (including phenoxy) is 2. The Bertz CT molecular complexity index is 1180. The third kappa shape index (κ3) is 7.01. The molecule has 0 spiro atoms. The Morgan fingerprint density at radius 3 is 2.50 bits per heavy atom. The fraction of sp³-hybridized carbons (Fsp3) is 0.538. The lowest BCUT2D eigenvalue weighted by Gasteiger charge is -2.52. The molecule has 1 saturated heterocycles. The minimum absolute atomic E-state index is 0.0839. The molecule has 0 N–H and O–H groups in total. The van der Waals surface area contributed by atoms with Gasteiger partial charge in [0.2, 0.25) is 14.9 Å². The van der Waals surface area contributed by atoms with Gasteiger partial charge < -0.3 is 13.9 Å². The molecule has 1 radical (unpaired) electrons. The van der Waals surface area contributed by atoms with Crippen molar-refractivity contribution in [2.24, 2.45) is 17.3 Å². The van der Waals surface area contributed by atoms with Crippen LogP contribution in [0.4, 0.5) is 4.79 Å². The summed E-state index contributed by atoms with van der Waals surface area (Å²) in [7, 11) is 3.15. The molecule has 2 aromatic rings. The van der Waals surface area contributed by atoms with Crippen LogP contribution in [-0.4, -0.2) is 56.0 Å². The van der Waals surface area contributed by atoms with Crippen LogP contribution in [0.5, 0.6) is 0 Å². The highest BCUT2D eigenvalue weighted by atomic mass is 33.1. The predicted octanol–water partition coefficient (Wildman–Crippen LogP) is 6.74. The number of para-hydroxylation sites is 1. The summed E-state index contributed by atoms with van der Waals surface area (Å²) in [5.74, 6) is -1.55. The van der Waals surface area contributed by atoms with Gasteiger partial charge >= 0.3 is 12.1 Å². The second kappa shape index (κ2) is 13.0. The van der Waals surface area contributed by atoms with Crippen molar-refractivity contribution < 1.29 is 28.3 Å². The first kappa shape index (κ1) is 30.7. The molecule has 3 rings (SSSR count). The van der Waals surface area contributed by atoms with Crippen LogP contribution in [0.2, 0.25) is 13.1 Å². The van der Waals surface area contributed by atoms with E-state index in [-0.39, 0.29) is 22.9 Å². The van der Waals surface area contributed by atoms with Crippen LogP contribution in [0.3, 0.4) is 0 Å². The first-order valence-corrected chi connectivity index (χ1v) is 17.8. The summed E-state index contributed by atoms with van der Waals surface area (Å²) in [6.07, 6.45) is -0.610. The first-order valence-electron chi connectivity index (χ1n) is 12.3. The molecule has 2 heterocycles. The normalized spacial score (nSPS) is 19.3. The Kier molecular flexibility index (Phi) is 10.5. The molecule has 0 unspecified atom stereocenters. The Hall–Kier alpha value is -1.86. The van der Waals surface area contributed by atoms with E-state index in [0.717, 1.165) is 21.7 Å². The van der Waals surface area contributed by atoms with Gasteiger partial charge in [-0.25, -0.2) is 14.6 Å². The molecule has 0 aliphatic carbocycles. The van der Waals surface area contributed by atoms with E-state index in [1.54, 1.807) is 18.3 Å². The minimum atomic E-state index is -1.12. The topological polar surface area (TPSA) is 95.0 Å². The van der Waals surface area contributed by atoms with Crippen molar-refractivity contribution in [3.05, 3.63) is 35.5 Å². The quantitative estimate of drug-likeness (QED) is 0.0738. The van der Waals surface area contributed by atoms with Crippen LogP contribution in [0.25, 0.3) is 10.2 Å². The number of β-lactam (4-membered cyclic amide) rings is 1. The second-order valence-corrected chi connectivity index (χ2v) is 16.0. The lowest BCUT2D eigenvalue weighted by molar-refractivity contribution is -0.159. The van der Waals surface area contributed by atoms with Gasteiger partial charge in [-0.15, -0.1) is 11.3 Å². The first-order chi connectivity index (χ1) is 17.9. The third-order valence-corrected chi connectivity index (χ3v) is 11.2. The van der Waals surface area contributed by atoms with E-state index in [1.807, 2.05) is 31.2 Å². The Morgan fingerprint density at radius 1 is 1.24 bits per heavy atom. The number of rotatable bonds is 10. The van der Waals surface area contributed by atoms with Crippen molar-refractivity contribution >= 4 is 70.2 Å². The highest BCUT2D eigenvalue weighted by Crippen LogP contribution is 2.53. The smallest absolute Gasteiger partial charge is 0.437 e. The van der Waals surface area contributed by atoms with E-state index in [2.05, 4.69) is 38.6 Å². The van der Waals surface area contributed by atoms with Gasteiger partial charge in [0.05, 0.1) is 23.2 Å². The fourth-order valence-electron chi connectivity index (χ4n) is 4.13. The number of carbonyl (C=O) groups is 3. The van der Waals surface area contributed by atoms with E-state index >= 15 is 0 Å². The van der Waals surface area contributed by atoms with Crippen LogP contribution in [0.1, 0.15) is 41.0 Å². The lowest BCUT2D eigenvalue weighted by Crippen LogP contribution is -2.64. The average molecular weight is 596 g/mol. The molecule has 1 aliphatic heterocycles. The summed E-state index contributed by atoms with van der Waals surface area (Å²) in [4.78, 5) is 44.9. The van der Waals surface area contributed by atoms with Crippen molar-refractivity contribution in [1.29, 1.82) is 0 Å². The van der Waals surface area contributed by atoms with Gasteiger partial charge in [0.25, 0.3) is 0 Å². The number of esters is 1. The summed E-state index contributed by atoms with van der Waals surface area (Å²) in [5.41, 5.74) is 1.44. The Morgan fingerprint density at radius 2 is 1.92 bits per heavy atom. The number of carbonyl (C=O) groups excluding carboxylic acids is 3. The minimum Gasteiger partial charge on any atom is -0.437 e. The summed E-state index contributed by atoms with van der Waals surface area (Å²) in [6.45, 7) is 14.6. The number of fused-ring (bicyclic) bond motifs is 1. The summed E-state index contributed by atoms with van der Waals surface area (Å²) in [5, 5.41) is -0.390. The zero-order valence-corrected chi connectivity index (χ0v) is 26.5. The number of likely N-dealkylation sites (tertiary alicyclic amines) is 1. The van der Waals surface area contributed by atoms with Gasteiger partial charge in [0, 0.05) is 12.5 Å². The molecular formula is C26H35N2O6S3Si. The monoisotopic (exact) mass is 595 g/mol. The number of amides is 1. The van der Waals surface area contributed by atoms with Crippen LogP contribution in [-0.2, 0) is 23.5 Å². The molecule has 12 heteroatoms. The van der Waals surface area contributed by atoms with Crippen LogP contribution in [0.15, 0.2) is 39.9 Å². The molecule has 3 atom stereocenters. The van der Waals surface area contributed by atoms with Gasteiger partial charge in [0.15, 0.2) is 4.34 Å². The zero-order valence-electron chi connectivity index (χ0n) is 23.0. The maximum Gasteiger partial charge on any atom is 0.516 e. The highest BCUT2D eigenvalue weighted by molar-refractivity contribution is 8.77. The number of methoxy groups -OCH3 is 1. The Labute approximate surface area is 238 Å². The summed E-state index contributed by atoms with van der Waals surface area (Å²) < 4.78 is 17.5. The van der Waals surface area contributed by atoms with Crippen LogP contribution < -0.4 is 0 Å². The van der Waals surface area contributed by atoms with Crippen molar-refractivity contribution in [1.82, 2.24) is 9.88 Å². The standard InChI is InChI=1S/C26H35N2O6S3Si/c1-9-15(2)20(23(30)34-25(31)32-6)28-21(29)19(16(26(3,4)5)14-33-38(7)8)22(28)36-37-24-27-17-12-10-11-13-18(17)35-24/h10-13,16,19,22H,9,14H2,1-8H3/t16-,19+,22-/m1/s1. The van der Waals surface area contributed by atoms with Gasteiger partial charge in [-0.2, -0.15) is 0 Å². The van der Waals surface area contributed by atoms with E-state index < -0.39 is 32.5 Å². The van der Waals surface area contributed by atoms with E-state index in [4.69, 9.17) is 14.1 Å². The molecule has 1 aromatic heterocycles. The highest BCUT2D eigenvalue weighted by Gasteiger charge is 2.57. The van der Waals surface area contributed by atoms with E-state index in [9.17, 15) is 14.4 Å². The largest absolute Gasteiger partial charge is 0.516 e. The van der Waals surface area contributed by atoms with Crippen LogP contribution >= 0.6 is 32.9 Å². The SMILES string of the molecule is CCC(C)=C(C(=O)OC(=O)OC)N1C(=O)[C@H]([C@@H](CO[Si](C)C)C(C)(C)C)[C@H]1SSc1nc2ccccc2s1. The van der Waals surface area contributed by atoms with Crippen molar-refractivity contribution in [3.8, 4) is 0 Å². The number of nitrogens with zero attached hydrogens (tertiary/aromatic N) is 2. The van der Waals surface area contributed by atoms with Crippen molar-refractivity contribution in [2.75, 3.05) is 13.7 Å². The summed E-state index contributed by atoms with van der Waals surface area (Å²) in [6, 6.07) is 7.93. The molecule has 0 saturated carbocycles. The number of allylic oxidation sites excluding steroid dienone is 1. The number of hydrogen-bond acceptors (Lipinski definition) is 10. The molecule has 207 valence electrons. The van der Waals surface area contributed by atoms with E-state index in [1.165, 1.54) is 26.5 Å². The van der Waals surface area contributed by atoms with Gasteiger partial charge in [-0.05, 0) is 60.4 Å². The summed E-state index contributed by atoms with van der Waals surface area (Å²) >= 11 is 1.58. The molecule has 0 bridgehead atoms. The lowest BCUT2D eigenvalue weighted by atomic mass is 9.70. The molecule has 1 aromatic carbocycles. The number of aromatic nitrogens is 1. The maximum absolute atomic E-state index is 13.9. The van der Waals surface area contributed by atoms with Gasteiger partial charge in [0.1, 0.15) is 11.1 Å². The van der Waals surface area contributed by atoms with Crippen molar-refractivity contribution in [3.63, 3.8) is 0 Å². The van der Waals surface area contributed by atoms with Gasteiger partial charge in [-0.3, -0.25) is 9.69 Å². The predicted molar refractivity (Wildman–Crippen MR) is 155 cm³/mol. The van der Waals surface area contributed by atoms with Crippen LogP contribution in [0, 0.1) is 17.3 Å². The molecule has 8 nitrogen and oxygen atoms in total. The number of thiazole rings is 1. The molecule has 38 heavy (non-hydrogen) atoms. The molecule has 1 fully saturated rings. The maximum atomic E-state index is 13.9. The number of hydrogen-bond donors (Lipinski definition) is 0. The molecule has 1 aliphatic rings. The van der Waals surface area contributed by atoms with Gasteiger partial charge in [-0.1, -0.05) is 50.6 Å². The Balaban J connectivity index is 1.99. The molecule has 1 amide bonds. The molecular weight excluding hydrogens is 561 g/mol. The van der Waals surface area contributed by atoms with Crippen molar-refractivity contribution in [2.45, 2.75) is 63.8 Å². The fourth-order valence-corrected chi connectivity index (χ4v) is 8.72. The number of benzene rings is 1.